The lowest BCUT2D eigenvalue weighted by Gasteiger charge is -2.49. The van der Waals surface area contributed by atoms with E-state index in [0.717, 1.165) is 36.3 Å². The number of hydrogen-bond acceptors (Lipinski definition) is 3. The van der Waals surface area contributed by atoms with Crippen molar-refractivity contribution in [3.8, 4) is 11.1 Å². The van der Waals surface area contributed by atoms with Crippen molar-refractivity contribution in [2.75, 3.05) is 14.7 Å². The van der Waals surface area contributed by atoms with Gasteiger partial charge in [-0.1, -0.05) is 208 Å². The fraction of sp³-hybridized carbons (Fsp3) is 0.268. The molecule has 1 unspecified atom stereocenters. The monoisotopic (exact) mass is 978 g/mol. The van der Waals surface area contributed by atoms with E-state index in [1.165, 1.54) is 94.9 Å². The van der Waals surface area contributed by atoms with Crippen molar-refractivity contribution in [1.29, 1.82) is 0 Å². The van der Waals surface area contributed by atoms with E-state index in [0.29, 0.717) is 0 Å². The molecule has 0 fully saturated rings. The molecular weight excluding hydrogens is 906 g/mol. The largest absolute Gasteiger partial charge is 0.335 e. The molecular formula is C71H72BN3. The van der Waals surface area contributed by atoms with Crippen LogP contribution in [0.3, 0.4) is 0 Å². The van der Waals surface area contributed by atoms with Crippen molar-refractivity contribution in [2.24, 2.45) is 0 Å². The third-order valence-corrected chi connectivity index (χ3v) is 17.3. The summed E-state index contributed by atoms with van der Waals surface area (Å²) < 4.78 is 0. The van der Waals surface area contributed by atoms with Gasteiger partial charge in [-0.2, -0.15) is 0 Å². The average Bonchev–Trinajstić information content (AvgIpc) is 3.45. The second kappa shape index (κ2) is 17.9. The van der Waals surface area contributed by atoms with Gasteiger partial charge < -0.3 is 14.7 Å². The molecule has 2 aliphatic heterocycles. The topological polar surface area (TPSA) is 9.72 Å². The van der Waals surface area contributed by atoms with Crippen molar-refractivity contribution in [2.45, 2.75) is 123 Å². The Bertz CT molecular complexity index is 3520. The molecule has 12 rings (SSSR count). The first-order valence-electron chi connectivity index (χ1n) is 27.5. The Hall–Kier alpha value is -7.30. The Morgan fingerprint density at radius 2 is 0.987 bits per heavy atom. The Kier molecular flexibility index (Phi) is 11.6. The lowest BCUT2D eigenvalue weighted by molar-refractivity contribution is 0.332. The van der Waals surface area contributed by atoms with Gasteiger partial charge >= 0.3 is 0 Å². The standard InChI is InChI=1S/C71H72BN3/c1-47-32-33-50(48-24-16-12-17-25-48)40-63(47)75-62-37-35-52(69(5,6)7)42-59(62)72-60-45-57-58(71(10,11)39-38-70(57,8)9)46-64(60)74(61-36-34-51(68(2,3)4)41-56(61)49-26-18-13-19-27-49)65-43-55(44-66(75)67(65)72)73(53-28-20-14-21-29-53)54-30-22-15-23-31-54/h12-37,41-46,63H,38-40H2,1-11H3. The van der Waals surface area contributed by atoms with Gasteiger partial charge in [0.25, 0.3) is 6.71 Å². The first kappa shape index (κ1) is 48.6. The highest BCUT2D eigenvalue weighted by Crippen LogP contribution is 2.53. The number of nitrogens with zero attached hydrogens (tertiary/aromatic N) is 3. The SMILES string of the molecule is CC1=CC=C(c2ccccc2)CC1N1c2ccc(C(C)(C)C)cc2B2c3cc4c(cc3N(c3ccc(C(C)(C)C)cc3-c3ccccc3)c3cc(N(c5ccccc5)c5ccccc5)cc1c32)C(C)(C)CCC4(C)C. The number of hydrogen-bond donors (Lipinski definition) is 0. The summed E-state index contributed by atoms with van der Waals surface area (Å²) in [5.41, 5.74) is 25.7. The molecule has 374 valence electrons. The summed E-state index contributed by atoms with van der Waals surface area (Å²) in [7, 11) is 0. The third kappa shape index (κ3) is 8.37. The molecule has 0 radical (unpaired) electrons. The molecule has 4 aliphatic rings. The molecule has 3 nitrogen and oxygen atoms in total. The molecule has 0 N–H and O–H groups in total. The molecule has 0 bridgehead atoms. The first-order valence-corrected chi connectivity index (χ1v) is 27.5. The smallest absolute Gasteiger partial charge is 0.252 e. The lowest BCUT2D eigenvalue weighted by atomic mass is 9.33. The zero-order chi connectivity index (χ0) is 52.2. The molecule has 4 heteroatoms. The normalized spacial score (nSPS) is 17.3. The van der Waals surface area contributed by atoms with E-state index in [4.69, 9.17) is 0 Å². The molecule has 1 atom stereocenters. The molecule has 2 heterocycles. The van der Waals surface area contributed by atoms with E-state index >= 15 is 0 Å². The molecule has 75 heavy (non-hydrogen) atoms. The minimum absolute atomic E-state index is 0.00801. The zero-order valence-corrected chi connectivity index (χ0v) is 46.1. The average molecular weight is 978 g/mol. The quantitative estimate of drug-likeness (QED) is 0.147. The van der Waals surface area contributed by atoms with Gasteiger partial charge in [-0.15, -0.1) is 0 Å². The van der Waals surface area contributed by atoms with E-state index in [1.807, 2.05) is 0 Å². The lowest BCUT2D eigenvalue weighted by Crippen LogP contribution is -2.63. The Morgan fingerprint density at radius 1 is 0.480 bits per heavy atom. The van der Waals surface area contributed by atoms with Gasteiger partial charge in [-0.25, -0.2) is 0 Å². The molecule has 0 spiro atoms. The van der Waals surface area contributed by atoms with Crippen LogP contribution >= 0.6 is 0 Å². The van der Waals surface area contributed by atoms with Gasteiger partial charge in [-0.3, -0.25) is 0 Å². The van der Waals surface area contributed by atoms with E-state index in [-0.39, 0.29) is 34.4 Å². The molecule has 2 aliphatic carbocycles. The van der Waals surface area contributed by atoms with Gasteiger partial charge in [0.2, 0.25) is 0 Å². The van der Waals surface area contributed by atoms with Crippen LogP contribution < -0.4 is 31.1 Å². The van der Waals surface area contributed by atoms with Crippen LogP contribution in [0.4, 0.5) is 45.5 Å². The Labute approximate surface area is 448 Å². The van der Waals surface area contributed by atoms with Crippen LogP contribution in [0.2, 0.25) is 0 Å². The first-order chi connectivity index (χ1) is 35.9. The second-order valence-electron chi connectivity index (χ2n) is 25.3. The van der Waals surface area contributed by atoms with Gasteiger partial charge in [0.05, 0.1) is 17.4 Å². The number of allylic oxidation sites excluding steroid dienone is 2. The molecule has 0 saturated carbocycles. The van der Waals surface area contributed by atoms with E-state index in [2.05, 4.69) is 285 Å². The number of anilines is 8. The molecule has 8 aromatic rings. The Balaban J connectivity index is 1.25. The highest BCUT2D eigenvalue weighted by molar-refractivity contribution is 7.00. The fourth-order valence-electron chi connectivity index (χ4n) is 12.9. The number of rotatable bonds is 7. The van der Waals surface area contributed by atoms with Crippen LogP contribution in [0.5, 0.6) is 0 Å². The summed E-state index contributed by atoms with van der Waals surface area (Å²) in [4.78, 5) is 7.96. The molecule has 0 amide bonds. The van der Waals surface area contributed by atoms with Crippen molar-refractivity contribution in [3.05, 3.63) is 228 Å². The van der Waals surface area contributed by atoms with E-state index in [1.54, 1.807) is 0 Å². The van der Waals surface area contributed by atoms with Crippen molar-refractivity contribution < 1.29 is 0 Å². The van der Waals surface area contributed by atoms with E-state index < -0.39 is 0 Å². The van der Waals surface area contributed by atoms with Crippen LogP contribution in [-0.4, -0.2) is 12.8 Å². The fourth-order valence-corrected chi connectivity index (χ4v) is 12.9. The van der Waals surface area contributed by atoms with Crippen LogP contribution in [0, 0.1) is 0 Å². The number of para-hydroxylation sites is 2. The Morgan fingerprint density at radius 3 is 1.57 bits per heavy atom. The van der Waals surface area contributed by atoms with Crippen LogP contribution in [0.15, 0.2) is 200 Å². The van der Waals surface area contributed by atoms with Crippen LogP contribution in [0.1, 0.15) is 123 Å². The summed E-state index contributed by atoms with van der Waals surface area (Å²) in [6.45, 7) is 26.4. The second-order valence-corrected chi connectivity index (χ2v) is 25.3. The predicted molar refractivity (Wildman–Crippen MR) is 324 cm³/mol. The highest BCUT2D eigenvalue weighted by Gasteiger charge is 2.48. The summed E-state index contributed by atoms with van der Waals surface area (Å²) in [5, 5.41) is 0. The minimum atomic E-state index is -0.0621. The molecule has 0 aromatic heterocycles. The summed E-state index contributed by atoms with van der Waals surface area (Å²) >= 11 is 0. The van der Waals surface area contributed by atoms with Crippen molar-refractivity contribution >= 4 is 74.2 Å². The highest BCUT2D eigenvalue weighted by atomic mass is 15.2. The zero-order valence-electron chi connectivity index (χ0n) is 46.1. The van der Waals surface area contributed by atoms with Gasteiger partial charge in [0.15, 0.2) is 0 Å². The number of fused-ring (bicyclic) bond motifs is 5. The van der Waals surface area contributed by atoms with E-state index in [9.17, 15) is 0 Å². The molecule has 8 aromatic carbocycles. The van der Waals surface area contributed by atoms with Crippen LogP contribution in [-0.2, 0) is 21.7 Å². The van der Waals surface area contributed by atoms with Crippen LogP contribution in [0.25, 0.3) is 16.7 Å². The summed E-state index contributed by atoms with van der Waals surface area (Å²) in [6, 6.07) is 69.5. The molecule has 0 saturated heterocycles. The van der Waals surface area contributed by atoms with Crippen molar-refractivity contribution in [1.82, 2.24) is 0 Å². The maximum absolute atomic E-state index is 2.77. The summed E-state index contributed by atoms with van der Waals surface area (Å²) in [5.74, 6) is 0. The van der Waals surface area contributed by atoms with Gasteiger partial charge in [0, 0.05) is 39.7 Å². The maximum atomic E-state index is 2.77. The maximum Gasteiger partial charge on any atom is 0.252 e. The third-order valence-electron chi connectivity index (χ3n) is 17.3. The van der Waals surface area contributed by atoms with Gasteiger partial charge in [0.1, 0.15) is 0 Å². The minimum Gasteiger partial charge on any atom is -0.335 e. The predicted octanol–water partition coefficient (Wildman–Crippen LogP) is 17.3. The summed E-state index contributed by atoms with van der Waals surface area (Å²) in [6.07, 6.45) is 7.92. The van der Waals surface area contributed by atoms with Crippen molar-refractivity contribution in [3.63, 3.8) is 0 Å². The number of benzene rings is 8. The van der Waals surface area contributed by atoms with Gasteiger partial charge in [-0.05, 0) is 164 Å².